The number of carbonyl (C=O) groups excluding carboxylic acids is 1. The number of nitrogen functional groups attached to an aromatic ring is 1. The molecule has 6 nitrogen and oxygen atoms in total. The lowest BCUT2D eigenvalue weighted by Crippen LogP contribution is -2.51. The van der Waals surface area contributed by atoms with Crippen LogP contribution in [-0.2, 0) is 0 Å². The van der Waals surface area contributed by atoms with Crippen LogP contribution in [-0.4, -0.2) is 59.6 Å². The lowest BCUT2D eigenvalue weighted by atomic mass is 10.2. The van der Waals surface area contributed by atoms with Gasteiger partial charge in [0, 0.05) is 32.4 Å². The van der Waals surface area contributed by atoms with Crippen molar-refractivity contribution in [1.82, 2.24) is 14.8 Å². The zero-order valence-electron chi connectivity index (χ0n) is 11.2. The highest BCUT2D eigenvalue weighted by Crippen LogP contribution is 2.18. The molecule has 1 amide bonds. The first kappa shape index (κ1) is 15.5. The van der Waals surface area contributed by atoms with Gasteiger partial charge < -0.3 is 10.3 Å². The van der Waals surface area contributed by atoms with Crippen LogP contribution in [0.2, 0.25) is 0 Å². The number of alkyl halides is 3. The van der Waals surface area contributed by atoms with Crippen LogP contribution in [0, 0.1) is 0 Å². The first-order valence-corrected chi connectivity index (χ1v) is 6.40. The number of pyridine rings is 1. The molecule has 0 spiro atoms. The molecule has 1 aliphatic heterocycles. The summed E-state index contributed by atoms with van der Waals surface area (Å²) >= 11 is 0. The summed E-state index contributed by atoms with van der Waals surface area (Å²) in [4.78, 5) is 19.0. The molecule has 0 radical (unpaired) electrons. The molecule has 0 unspecified atom stereocenters. The Kier molecular flexibility index (Phi) is 4.63. The summed E-state index contributed by atoms with van der Waals surface area (Å²) in [6, 6.07) is 3.11. The fourth-order valence-corrected chi connectivity index (χ4v) is 2.16. The third-order valence-corrected chi connectivity index (χ3v) is 3.21. The number of amides is 1. The highest BCUT2D eigenvalue weighted by molar-refractivity contribution is 5.93. The molecule has 9 heteroatoms. The first-order valence-electron chi connectivity index (χ1n) is 6.40. The molecule has 1 aromatic rings. The van der Waals surface area contributed by atoms with Crippen molar-refractivity contribution in [1.29, 1.82) is 0 Å². The largest absolute Gasteiger partial charge is 0.401 e. The maximum atomic E-state index is 12.3. The molecule has 0 aromatic carbocycles. The Morgan fingerprint density at radius 1 is 1.33 bits per heavy atom. The summed E-state index contributed by atoms with van der Waals surface area (Å²) in [5.41, 5.74) is 3.18. The fourth-order valence-electron chi connectivity index (χ4n) is 2.16. The SMILES string of the molecule is NNc1ccnc(C(=O)N2CCN(CC(F)(F)F)CC2)c1. The summed E-state index contributed by atoms with van der Waals surface area (Å²) in [6.07, 6.45) is -2.77. The molecule has 1 aliphatic rings. The number of nitrogens with zero attached hydrogens (tertiary/aromatic N) is 3. The van der Waals surface area contributed by atoms with E-state index in [-0.39, 0.29) is 37.8 Å². The van der Waals surface area contributed by atoms with Crippen LogP contribution >= 0.6 is 0 Å². The number of halogens is 3. The van der Waals surface area contributed by atoms with Crippen molar-refractivity contribution in [2.75, 3.05) is 38.1 Å². The minimum atomic E-state index is -4.21. The molecular formula is C12H16F3N5O. The average Bonchev–Trinajstić information content (AvgIpc) is 2.46. The molecule has 0 saturated carbocycles. The highest BCUT2D eigenvalue weighted by atomic mass is 19.4. The molecule has 0 atom stereocenters. The molecule has 0 bridgehead atoms. The maximum Gasteiger partial charge on any atom is 0.401 e. The number of hydrogen-bond acceptors (Lipinski definition) is 5. The van der Waals surface area contributed by atoms with Crippen molar-refractivity contribution < 1.29 is 18.0 Å². The predicted octanol–water partition coefficient (Wildman–Crippen LogP) is 0.687. The van der Waals surface area contributed by atoms with Crippen LogP contribution in [0.25, 0.3) is 0 Å². The summed E-state index contributed by atoms with van der Waals surface area (Å²) < 4.78 is 36.9. The van der Waals surface area contributed by atoms with Crippen molar-refractivity contribution in [2.45, 2.75) is 6.18 Å². The number of aromatic nitrogens is 1. The van der Waals surface area contributed by atoms with Crippen molar-refractivity contribution in [3.63, 3.8) is 0 Å². The zero-order chi connectivity index (χ0) is 15.5. The van der Waals surface area contributed by atoms with Crippen molar-refractivity contribution in [3.8, 4) is 0 Å². The number of anilines is 1. The molecule has 1 aromatic heterocycles. The van der Waals surface area contributed by atoms with Crippen LogP contribution < -0.4 is 11.3 Å². The number of hydrazine groups is 1. The third-order valence-electron chi connectivity index (χ3n) is 3.21. The predicted molar refractivity (Wildman–Crippen MR) is 70.4 cm³/mol. The smallest absolute Gasteiger partial charge is 0.335 e. The van der Waals surface area contributed by atoms with Gasteiger partial charge in [-0.15, -0.1) is 0 Å². The average molecular weight is 303 g/mol. The van der Waals surface area contributed by atoms with E-state index in [1.165, 1.54) is 22.1 Å². The third kappa shape index (κ3) is 4.30. The normalized spacial score (nSPS) is 16.9. The second-order valence-electron chi connectivity index (χ2n) is 4.76. The second-order valence-corrected chi connectivity index (χ2v) is 4.76. The van der Waals surface area contributed by atoms with E-state index in [0.29, 0.717) is 5.69 Å². The van der Waals surface area contributed by atoms with Crippen LogP contribution in [0.15, 0.2) is 18.3 Å². The maximum absolute atomic E-state index is 12.3. The van der Waals surface area contributed by atoms with Gasteiger partial charge in [-0.3, -0.25) is 20.5 Å². The number of carbonyl (C=O) groups is 1. The molecular weight excluding hydrogens is 287 g/mol. The van der Waals surface area contributed by atoms with E-state index in [9.17, 15) is 18.0 Å². The minimum absolute atomic E-state index is 0.195. The second kappa shape index (κ2) is 6.27. The Hall–Kier alpha value is -1.87. The molecule has 116 valence electrons. The van der Waals surface area contributed by atoms with Gasteiger partial charge in [-0.25, -0.2) is 0 Å². The number of hydrogen-bond donors (Lipinski definition) is 2. The van der Waals surface area contributed by atoms with Crippen LogP contribution in [0.5, 0.6) is 0 Å². The first-order chi connectivity index (χ1) is 9.89. The van der Waals surface area contributed by atoms with E-state index in [4.69, 9.17) is 5.84 Å². The van der Waals surface area contributed by atoms with Crippen molar-refractivity contribution in [2.24, 2.45) is 5.84 Å². The van der Waals surface area contributed by atoms with Gasteiger partial charge in [0.05, 0.1) is 12.2 Å². The van der Waals surface area contributed by atoms with Gasteiger partial charge in [-0.2, -0.15) is 13.2 Å². The van der Waals surface area contributed by atoms with E-state index in [1.54, 1.807) is 6.07 Å². The van der Waals surface area contributed by atoms with Crippen LogP contribution in [0.4, 0.5) is 18.9 Å². The van der Waals surface area contributed by atoms with Gasteiger partial charge in [0.25, 0.3) is 5.91 Å². The fraction of sp³-hybridized carbons (Fsp3) is 0.500. The van der Waals surface area contributed by atoms with Gasteiger partial charge in [-0.05, 0) is 12.1 Å². The lowest BCUT2D eigenvalue weighted by molar-refractivity contribution is -0.148. The van der Waals surface area contributed by atoms with E-state index in [1.807, 2.05) is 0 Å². The van der Waals surface area contributed by atoms with E-state index < -0.39 is 12.7 Å². The van der Waals surface area contributed by atoms with Crippen LogP contribution in [0.1, 0.15) is 10.5 Å². The van der Waals surface area contributed by atoms with Gasteiger partial charge in [-0.1, -0.05) is 0 Å². The highest BCUT2D eigenvalue weighted by Gasteiger charge is 2.33. The van der Waals surface area contributed by atoms with E-state index in [0.717, 1.165) is 0 Å². The molecule has 1 saturated heterocycles. The summed E-state index contributed by atoms with van der Waals surface area (Å²) in [5, 5.41) is 0. The van der Waals surface area contributed by atoms with Crippen LogP contribution in [0.3, 0.4) is 0 Å². The number of rotatable bonds is 3. The van der Waals surface area contributed by atoms with Gasteiger partial charge >= 0.3 is 6.18 Å². The Balaban J connectivity index is 1.94. The Bertz CT molecular complexity index is 500. The molecule has 2 rings (SSSR count). The monoisotopic (exact) mass is 303 g/mol. The number of piperazine rings is 1. The lowest BCUT2D eigenvalue weighted by Gasteiger charge is -2.34. The van der Waals surface area contributed by atoms with Gasteiger partial charge in [0.1, 0.15) is 5.69 Å². The quantitative estimate of drug-likeness (QED) is 0.635. The molecule has 0 aliphatic carbocycles. The standard InChI is InChI=1S/C12H16F3N5O/c13-12(14,15)8-19-3-5-20(6-4-19)11(21)10-7-9(18-16)1-2-17-10/h1-2,7H,3-6,8,16H2,(H,17,18). The van der Waals surface area contributed by atoms with E-state index >= 15 is 0 Å². The summed E-state index contributed by atoms with van der Waals surface area (Å²) in [5.74, 6) is 4.95. The topological polar surface area (TPSA) is 74.5 Å². The molecule has 21 heavy (non-hydrogen) atoms. The molecule has 2 heterocycles. The van der Waals surface area contributed by atoms with Crippen molar-refractivity contribution >= 4 is 11.6 Å². The Morgan fingerprint density at radius 3 is 2.57 bits per heavy atom. The van der Waals surface area contributed by atoms with Gasteiger partial charge in [0.15, 0.2) is 0 Å². The Morgan fingerprint density at radius 2 is 2.00 bits per heavy atom. The molecule has 1 fully saturated rings. The van der Waals surface area contributed by atoms with Gasteiger partial charge in [0.2, 0.25) is 0 Å². The Labute approximate surface area is 119 Å². The summed E-state index contributed by atoms with van der Waals surface area (Å²) in [7, 11) is 0. The van der Waals surface area contributed by atoms with E-state index in [2.05, 4.69) is 10.4 Å². The minimum Gasteiger partial charge on any atom is -0.335 e. The molecule has 3 N–H and O–H groups in total. The zero-order valence-corrected chi connectivity index (χ0v) is 11.2. The number of nitrogens with two attached hydrogens (primary N) is 1. The van der Waals surface area contributed by atoms with Crippen molar-refractivity contribution in [3.05, 3.63) is 24.0 Å². The number of nitrogens with one attached hydrogen (secondary N) is 1. The summed E-state index contributed by atoms with van der Waals surface area (Å²) in [6.45, 7) is -0.0617.